The van der Waals surface area contributed by atoms with Crippen LogP contribution in [-0.2, 0) is 11.2 Å². The third-order valence-corrected chi connectivity index (χ3v) is 4.87. The molecule has 0 radical (unpaired) electrons. The van der Waals surface area contributed by atoms with Gasteiger partial charge >= 0.3 is 0 Å². The van der Waals surface area contributed by atoms with Gasteiger partial charge in [-0.1, -0.05) is 29.3 Å². The van der Waals surface area contributed by atoms with E-state index in [-0.39, 0.29) is 5.91 Å². The van der Waals surface area contributed by atoms with Gasteiger partial charge in [0.2, 0.25) is 5.91 Å². The molecule has 1 aliphatic heterocycles. The van der Waals surface area contributed by atoms with Crippen LogP contribution in [-0.4, -0.2) is 42.0 Å². The smallest absolute Gasteiger partial charge is 0.223 e. The van der Waals surface area contributed by atoms with Crippen molar-refractivity contribution in [3.63, 3.8) is 0 Å². The number of benzene rings is 1. The van der Waals surface area contributed by atoms with Crippen LogP contribution in [0, 0.1) is 0 Å². The minimum Gasteiger partial charge on any atom is -0.368 e. The fourth-order valence-corrected chi connectivity index (χ4v) is 3.40. The van der Waals surface area contributed by atoms with Gasteiger partial charge in [0.05, 0.1) is 0 Å². The summed E-state index contributed by atoms with van der Waals surface area (Å²) in [6, 6.07) is 9.41. The monoisotopic (exact) mass is 363 g/mol. The molecule has 126 valence electrons. The number of aromatic nitrogens is 1. The second-order valence-corrected chi connectivity index (χ2v) is 6.65. The number of hydrogen-bond donors (Lipinski definition) is 0. The number of carbonyl (C=O) groups excluding carboxylic acids is 1. The number of rotatable bonds is 4. The molecule has 2 heterocycles. The predicted molar refractivity (Wildman–Crippen MR) is 97.8 cm³/mol. The lowest BCUT2D eigenvalue weighted by atomic mass is 10.1. The number of anilines is 1. The van der Waals surface area contributed by atoms with Crippen LogP contribution in [0.4, 0.5) is 5.69 Å². The van der Waals surface area contributed by atoms with Crippen LogP contribution in [0.25, 0.3) is 0 Å². The Morgan fingerprint density at radius 1 is 1.04 bits per heavy atom. The van der Waals surface area contributed by atoms with Gasteiger partial charge < -0.3 is 9.80 Å². The number of nitrogens with zero attached hydrogens (tertiary/aromatic N) is 3. The van der Waals surface area contributed by atoms with Crippen molar-refractivity contribution in [3.05, 3.63) is 58.3 Å². The average Bonchev–Trinajstić information content (AvgIpc) is 2.62. The molecular weight excluding hydrogens is 345 g/mol. The zero-order chi connectivity index (χ0) is 16.9. The molecule has 24 heavy (non-hydrogen) atoms. The molecule has 0 bridgehead atoms. The van der Waals surface area contributed by atoms with E-state index in [1.165, 1.54) is 0 Å². The maximum Gasteiger partial charge on any atom is 0.223 e. The number of hydrogen-bond acceptors (Lipinski definition) is 3. The Labute approximate surface area is 152 Å². The first-order chi connectivity index (χ1) is 11.6. The number of piperazine rings is 1. The molecule has 1 saturated heterocycles. The maximum absolute atomic E-state index is 12.4. The van der Waals surface area contributed by atoms with Crippen molar-refractivity contribution < 1.29 is 4.79 Å². The standard InChI is InChI=1S/C18H19Cl2N3O/c19-15-3-1-14(17(20)13-15)2-4-18(24)23-11-9-22(10-12-23)16-5-7-21-8-6-16/h1,3,5-8,13H,2,4,9-12H2. The normalized spacial score (nSPS) is 14.8. The third-order valence-electron chi connectivity index (χ3n) is 4.28. The van der Waals surface area contributed by atoms with Gasteiger partial charge in [-0.25, -0.2) is 0 Å². The molecule has 1 aliphatic rings. The van der Waals surface area contributed by atoms with E-state index in [0.717, 1.165) is 37.4 Å². The predicted octanol–water partition coefficient (Wildman–Crippen LogP) is 3.67. The minimum atomic E-state index is 0.176. The fraction of sp³-hybridized carbons (Fsp3) is 0.333. The highest BCUT2D eigenvalue weighted by molar-refractivity contribution is 6.35. The van der Waals surface area contributed by atoms with E-state index in [4.69, 9.17) is 23.2 Å². The zero-order valence-corrected chi connectivity index (χ0v) is 14.8. The van der Waals surface area contributed by atoms with Gasteiger partial charge in [-0.15, -0.1) is 0 Å². The van der Waals surface area contributed by atoms with Gasteiger partial charge in [0.25, 0.3) is 0 Å². The van der Waals surface area contributed by atoms with Crippen molar-refractivity contribution in [1.82, 2.24) is 9.88 Å². The van der Waals surface area contributed by atoms with Gasteiger partial charge in [-0.2, -0.15) is 0 Å². The number of aryl methyl sites for hydroxylation is 1. The van der Waals surface area contributed by atoms with Crippen molar-refractivity contribution in [2.24, 2.45) is 0 Å². The molecular formula is C18H19Cl2N3O. The summed E-state index contributed by atoms with van der Waals surface area (Å²) >= 11 is 12.1. The molecule has 0 N–H and O–H groups in total. The second-order valence-electron chi connectivity index (χ2n) is 5.81. The summed E-state index contributed by atoms with van der Waals surface area (Å²) in [5.41, 5.74) is 2.12. The van der Waals surface area contributed by atoms with Crippen molar-refractivity contribution in [2.75, 3.05) is 31.1 Å². The molecule has 1 aromatic heterocycles. The molecule has 2 aromatic rings. The fourth-order valence-electron chi connectivity index (χ4n) is 2.89. The SMILES string of the molecule is O=C(CCc1ccc(Cl)cc1Cl)N1CCN(c2ccncc2)CC1. The molecule has 0 saturated carbocycles. The van der Waals surface area contributed by atoms with Gasteiger partial charge in [0.1, 0.15) is 0 Å². The van der Waals surface area contributed by atoms with E-state index >= 15 is 0 Å². The largest absolute Gasteiger partial charge is 0.368 e. The van der Waals surface area contributed by atoms with E-state index in [1.807, 2.05) is 23.1 Å². The maximum atomic E-state index is 12.4. The highest BCUT2D eigenvalue weighted by Gasteiger charge is 2.21. The van der Waals surface area contributed by atoms with Crippen molar-refractivity contribution in [3.8, 4) is 0 Å². The Bertz CT molecular complexity index is 701. The third kappa shape index (κ3) is 4.19. The average molecular weight is 364 g/mol. The van der Waals surface area contributed by atoms with Gasteiger partial charge in [0, 0.05) is 60.7 Å². The molecule has 1 amide bonds. The van der Waals surface area contributed by atoms with E-state index < -0.39 is 0 Å². The van der Waals surface area contributed by atoms with Crippen LogP contribution in [0.15, 0.2) is 42.7 Å². The van der Waals surface area contributed by atoms with Crippen LogP contribution in [0.3, 0.4) is 0 Å². The Kier molecular flexibility index (Phi) is 5.59. The highest BCUT2D eigenvalue weighted by Crippen LogP contribution is 2.22. The summed E-state index contributed by atoms with van der Waals surface area (Å²) in [4.78, 5) is 20.7. The van der Waals surface area contributed by atoms with Gasteiger partial charge in [-0.05, 0) is 36.2 Å². The molecule has 0 spiro atoms. The number of carbonyl (C=O) groups is 1. The molecule has 0 atom stereocenters. The van der Waals surface area contributed by atoms with E-state index in [1.54, 1.807) is 24.5 Å². The van der Waals surface area contributed by atoms with Crippen molar-refractivity contribution in [2.45, 2.75) is 12.8 Å². The van der Waals surface area contributed by atoms with Gasteiger partial charge in [-0.3, -0.25) is 9.78 Å². The molecule has 4 nitrogen and oxygen atoms in total. The lowest BCUT2D eigenvalue weighted by molar-refractivity contribution is -0.131. The number of amides is 1. The lowest BCUT2D eigenvalue weighted by Crippen LogP contribution is -2.48. The molecule has 3 rings (SSSR count). The molecule has 0 aliphatic carbocycles. The van der Waals surface area contributed by atoms with Crippen LogP contribution in [0.2, 0.25) is 10.0 Å². The first-order valence-electron chi connectivity index (χ1n) is 8.00. The Morgan fingerprint density at radius 2 is 1.75 bits per heavy atom. The zero-order valence-electron chi connectivity index (χ0n) is 13.3. The number of pyridine rings is 1. The summed E-state index contributed by atoms with van der Waals surface area (Å²) in [6.45, 7) is 3.18. The van der Waals surface area contributed by atoms with Crippen LogP contribution < -0.4 is 4.90 Å². The highest BCUT2D eigenvalue weighted by atomic mass is 35.5. The van der Waals surface area contributed by atoms with Crippen LogP contribution in [0.1, 0.15) is 12.0 Å². The van der Waals surface area contributed by atoms with Crippen LogP contribution >= 0.6 is 23.2 Å². The lowest BCUT2D eigenvalue weighted by Gasteiger charge is -2.36. The summed E-state index contributed by atoms with van der Waals surface area (Å²) in [6.07, 6.45) is 4.70. The van der Waals surface area contributed by atoms with Gasteiger partial charge in [0.15, 0.2) is 0 Å². The quantitative estimate of drug-likeness (QED) is 0.831. The molecule has 1 fully saturated rings. The Balaban J connectivity index is 1.50. The van der Waals surface area contributed by atoms with E-state index in [0.29, 0.717) is 22.9 Å². The molecule has 6 heteroatoms. The van der Waals surface area contributed by atoms with Crippen molar-refractivity contribution in [1.29, 1.82) is 0 Å². The van der Waals surface area contributed by atoms with E-state index in [2.05, 4.69) is 9.88 Å². The first kappa shape index (κ1) is 17.1. The minimum absolute atomic E-state index is 0.176. The topological polar surface area (TPSA) is 36.4 Å². The summed E-state index contributed by atoms with van der Waals surface area (Å²) < 4.78 is 0. The van der Waals surface area contributed by atoms with Crippen molar-refractivity contribution >= 4 is 34.8 Å². The Hall–Kier alpha value is -1.78. The summed E-state index contributed by atoms with van der Waals surface area (Å²) in [5.74, 6) is 0.176. The Morgan fingerprint density at radius 3 is 2.42 bits per heavy atom. The molecule has 0 unspecified atom stereocenters. The summed E-state index contributed by atoms with van der Waals surface area (Å²) in [5, 5.41) is 1.24. The first-order valence-corrected chi connectivity index (χ1v) is 8.76. The van der Waals surface area contributed by atoms with Crippen LogP contribution in [0.5, 0.6) is 0 Å². The number of halogens is 2. The van der Waals surface area contributed by atoms with E-state index in [9.17, 15) is 4.79 Å². The molecule has 1 aromatic carbocycles. The summed E-state index contributed by atoms with van der Waals surface area (Å²) in [7, 11) is 0. The second kappa shape index (κ2) is 7.86.